The quantitative estimate of drug-likeness (QED) is 0.753. The van der Waals surface area contributed by atoms with Gasteiger partial charge in [0.2, 0.25) is 0 Å². The van der Waals surface area contributed by atoms with Crippen LogP contribution >= 0.6 is 0 Å². The van der Waals surface area contributed by atoms with Crippen molar-refractivity contribution in [1.82, 2.24) is 15.6 Å². The summed E-state index contributed by atoms with van der Waals surface area (Å²) in [7, 11) is 0. The molecule has 1 rings (SSSR count). The second-order valence-corrected chi connectivity index (χ2v) is 4.65. The molecule has 6 nitrogen and oxygen atoms in total. The molecule has 0 aliphatic carbocycles. The van der Waals surface area contributed by atoms with Crippen LogP contribution in [0.5, 0.6) is 0 Å². The third-order valence-electron chi connectivity index (χ3n) is 2.70. The van der Waals surface area contributed by atoms with Gasteiger partial charge in [-0.3, -0.25) is 4.98 Å². The lowest BCUT2D eigenvalue weighted by Crippen LogP contribution is -2.49. The number of amides is 2. The molecular formula is C13H19N3O3. The van der Waals surface area contributed by atoms with E-state index in [4.69, 9.17) is 5.11 Å². The number of pyridine rings is 1. The topological polar surface area (TPSA) is 91.3 Å². The number of nitrogens with zero attached hydrogens (tertiary/aromatic N) is 1. The summed E-state index contributed by atoms with van der Waals surface area (Å²) < 4.78 is 0. The van der Waals surface area contributed by atoms with E-state index in [1.165, 1.54) is 0 Å². The fraction of sp³-hybridized carbons (Fsp3) is 0.462. The lowest BCUT2D eigenvalue weighted by Gasteiger charge is -2.20. The molecule has 1 aromatic heterocycles. The average molecular weight is 265 g/mol. The van der Waals surface area contributed by atoms with Crippen LogP contribution < -0.4 is 10.6 Å². The van der Waals surface area contributed by atoms with Crippen molar-refractivity contribution in [2.24, 2.45) is 5.92 Å². The van der Waals surface area contributed by atoms with Gasteiger partial charge in [-0.15, -0.1) is 0 Å². The zero-order chi connectivity index (χ0) is 14.4. The fourth-order valence-electron chi connectivity index (χ4n) is 1.60. The number of carboxylic acids is 1. The molecule has 1 unspecified atom stereocenters. The van der Waals surface area contributed by atoms with Crippen molar-refractivity contribution >= 4 is 12.0 Å². The summed E-state index contributed by atoms with van der Waals surface area (Å²) in [5.41, 5.74) is 0.717. The first kappa shape index (κ1) is 14.9. The number of aliphatic carboxylic acids is 1. The summed E-state index contributed by atoms with van der Waals surface area (Å²) in [5.74, 6) is -1.23. The van der Waals surface area contributed by atoms with Crippen molar-refractivity contribution in [3.8, 4) is 0 Å². The molecule has 0 fully saturated rings. The van der Waals surface area contributed by atoms with E-state index < -0.39 is 18.0 Å². The number of hydrogen-bond acceptors (Lipinski definition) is 3. The first-order chi connectivity index (χ1) is 8.91. The van der Waals surface area contributed by atoms with Gasteiger partial charge in [-0.05, 0) is 25.0 Å². The first-order valence-corrected chi connectivity index (χ1v) is 6.12. The van der Waals surface area contributed by atoms with Crippen LogP contribution in [0.3, 0.4) is 0 Å². The van der Waals surface area contributed by atoms with Crippen molar-refractivity contribution in [3.05, 3.63) is 30.1 Å². The molecule has 2 amide bonds. The van der Waals surface area contributed by atoms with Gasteiger partial charge in [-0.25, -0.2) is 9.59 Å². The van der Waals surface area contributed by atoms with E-state index >= 15 is 0 Å². The minimum Gasteiger partial charge on any atom is -0.480 e. The minimum absolute atomic E-state index is 0.187. The van der Waals surface area contributed by atoms with Gasteiger partial charge < -0.3 is 15.7 Å². The van der Waals surface area contributed by atoms with Crippen molar-refractivity contribution in [2.45, 2.75) is 32.9 Å². The van der Waals surface area contributed by atoms with Crippen molar-refractivity contribution in [3.63, 3.8) is 0 Å². The second-order valence-electron chi connectivity index (χ2n) is 4.65. The molecule has 0 bridgehead atoms. The molecule has 6 heteroatoms. The predicted octanol–water partition coefficient (Wildman–Crippen LogP) is 1.55. The molecule has 0 saturated carbocycles. The Morgan fingerprint density at radius 1 is 1.21 bits per heavy atom. The Labute approximate surface area is 112 Å². The van der Waals surface area contributed by atoms with E-state index in [9.17, 15) is 9.59 Å². The second kappa shape index (κ2) is 6.72. The zero-order valence-corrected chi connectivity index (χ0v) is 11.3. The van der Waals surface area contributed by atoms with Crippen LogP contribution in [0.4, 0.5) is 4.79 Å². The molecule has 3 N–H and O–H groups in total. The van der Waals surface area contributed by atoms with Crippen LogP contribution in [0.2, 0.25) is 0 Å². The minimum atomic E-state index is -1.05. The van der Waals surface area contributed by atoms with E-state index in [0.29, 0.717) is 5.69 Å². The van der Waals surface area contributed by atoms with Crippen LogP contribution in [0.1, 0.15) is 32.5 Å². The molecule has 0 saturated heterocycles. The van der Waals surface area contributed by atoms with Gasteiger partial charge in [-0.1, -0.05) is 19.9 Å². The number of aromatic nitrogens is 1. The Bertz CT molecular complexity index is 434. The Morgan fingerprint density at radius 2 is 1.89 bits per heavy atom. The maximum Gasteiger partial charge on any atom is 0.326 e. The highest BCUT2D eigenvalue weighted by molar-refractivity contribution is 5.82. The molecular weight excluding hydrogens is 246 g/mol. The number of rotatable bonds is 5. The third-order valence-corrected chi connectivity index (χ3v) is 2.70. The monoisotopic (exact) mass is 265 g/mol. The molecule has 0 aromatic carbocycles. The molecule has 1 heterocycles. The number of carbonyl (C=O) groups excluding carboxylic acids is 1. The maximum atomic E-state index is 11.7. The highest BCUT2D eigenvalue weighted by Gasteiger charge is 2.24. The van der Waals surface area contributed by atoms with Crippen LogP contribution in [-0.4, -0.2) is 28.1 Å². The van der Waals surface area contributed by atoms with E-state index in [2.05, 4.69) is 15.6 Å². The molecule has 2 atom stereocenters. The van der Waals surface area contributed by atoms with Crippen LogP contribution in [0.15, 0.2) is 24.4 Å². The summed E-state index contributed by atoms with van der Waals surface area (Å²) >= 11 is 0. The van der Waals surface area contributed by atoms with Crippen LogP contribution in [0.25, 0.3) is 0 Å². The normalized spacial score (nSPS) is 13.7. The molecule has 104 valence electrons. The van der Waals surface area contributed by atoms with Crippen LogP contribution in [0, 0.1) is 5.92 Å². The SMILES string of the molecule is CC(NC(=O)N[C@H](C(=O)O)C(C)C)c1ccccn1. The maximum absolute atomic E-state index is 11.7. The van der Waals surface area contributed by atoms with Gasteiger partial charge in [-0.2, -0.15) is 0 Å². The first-order valence-electron chi connectivity index (χ1n) is 6.12. The third kappa shape index (κ3) is 4.57. The van der Waals surface area contributed by atoms with Gasteiger partial charge in [0.15, 0.2) is 0 Å². The summed E-state index contributed by atoms with van der Waals surface area (Å²) in [6.45, 7) is 5.26. The molecule has 0 radical (unpaired) electrons. The van der Waals surface area contributed by atoms with Gasteiger partial charge in [0.25, 0.3) is 0 Å². The zero-order valence-electron chi connectivity index (χ0n) is 11.3. The number of carboxylic acid groups (broad SMARTS) is 1. The highest BCUT2D eigenvalue weighted by Crippen LogP contribution is 2.08. The largest absolute Gasteiger partial charge is 0.480 e. The smallest absolute Gasteiger partial charge is 0.326 e. The van der Waals surface area contributed by atoms with Gasteiger partial charge in [0.05, 0.1) is 11.7 Å². The summed E-state index contributed by atoms with van der Waals surface area (Å²) in [5, 5.41) is 14.1. The number of nitrogens with one attached hydrogen (secondary N) is 2. The fourth-order valence-corrected chi connectivity index (χ4v) is 1.60. The molecule has 19 heavy (non-hydrogen) atoms. The van der Waals surface area contributed by atoms with E-state index in [1.54, 1.807) is 39.1 Å². The summed E-state index contributed by atoms with van der Waals surface area (Å²) in [4.78, 5) is 26.8. The average Bonchev–Trinajstić information content (AvgIpc) is 2.36. The lowest BCUT2D eigenvalue weighted by atomic mass is 10.1. The number of carbonyl (C=O) groups is 2. The molecule has 0 aliphatic rings. The van der Waals surface area contributed by atoms with Crippen molar-refractivity contribution < 1.29 is 14.7 Å². The Morgan fingerprint density at radius 3 is 2.37 bits per heavy atom. The molecule has 0 spiro atoms. The van der Waals surface area contributed by atoms with Gasteiger partial charge in [0.1, 0.15) is 6.04 Å². The Hall–Kier alpha value is -2.11. The highest BCUT2D eigenvalue weighted by atomic mass is 16.4. The van der Waals surface area contributed by atoms with Gasteiger partial charge in [0, 0.05) is 6.20 Å². The lowest BCUT2D eigenvalue weighted by molar-refractivity contribution is -0.140. The Balaban J connectivity index is 2.58. The molecule has 0 aliphatic heterocycles. The van der Waals surface area contributed by atoms with E-state index in [-0.39, 0.29) is 12.0 Å². The van der Waals surface area contributed by atoms with Crippen molar-refractivity contribution in [1.29, 1.82) is 0 Å². The predicted molar refractivity (Wildman–Crippen MR) is 70.6 cm³/mol. The standard InChI is InChI=1S/C13H19N3O3/c1-8(2)11(12(17)18)16-13(19)15-9(3)10-6-4-5-7-14-10/h4-9,11H,1-3H3,(H,17,18)(H2,15,16,19)/t9?,11-/m0/s1. The summed E-state index contributed by atoms with van der Waals surface area (Å²) in [6.07, 6.45) is 1.64. The molecule has 1 aromatic rings. The number of hydrogen-bond donors (Lipinski definition) is 3. The van der Waals surface area contributed by atoms with Crippen LogP contribution in [-0.2, 0) is 4.79 Å². The van der Waals surface area contributed by atoms with E-state index in [1.807, 2.05) is 6.07 Å². The van der Waals surface area contributed by atoms with E-state index in [0.717, 1.165) is 0 Å². The number of urea groups is 1. The summed E-state index contributed by atoms with van der Waals surface area (Å²) in [6, 6.07) is 3.70. The Kier molecular flexibility index (Phi) is 5.29. The van der Waals surface area contributed by atoms with Crippen molar-refractivity contribution in [2.75, 3.05) is 0 Å². The van der Waals surface area contributed by atoms with Gasteiger partial charge >= 0.3 is 12.0 Å².